The number of hydrogen-bond donors (Lipinski definition) is 0. The van der Waals surface area contributed by atoms with Crippen LogP contribution in [-0.4, -0.2) is 0 Å². The Morgan fingerprint density at radius 1 is 2.00 bits per heavy atom. The van der Waals surface area contributed by atoms with Gasteiger partial charge in [0.25, 0.3) is 0 Å². The van der Waals surface area contributed by atoms with Crippen molar-refractivity contribution in [3.05, 3.63) is 20.7 Å². The first kappa shape index (κ1) is 1.85. The lowest BCUT2D eigenvalue weighted by molar-refractivity contribution is 1.64. The van der Waals surface area contributed by atoms with E-state index in [1.165, 1.54) is 0 Å². The largest absolute Gasteiger partial charge is 0.134 e. The summed E-state index contributed by atoms with van der Waals surface area (Å²) in [7, 11) is 0. The van der Waals surface area contributed by atoms with Crippen molar-refractivity contribution in [3.8, 4) is 0 Å². The second-order valence-corrected chi connectivity index (χ2v) is 3.29. The van der Waals surface area contributed by atoms with Crippen molar-refractivity contribution in [2.45, 2.75) is 6.85 Å². The Morgan fingerprint density at radius 3 is 3.14 bits per heavy atom. The number of halogens is 1. The van der Waals surface area contributed by atoms with E-state index >= 15 is 0 Å². The quantitative estimate of drug-likeness (QED) is 0.542. The predicted octanol–water partition coefficient (Wildman–Crippen LogP) is 2.82. The van der Waals surface area contributed by atoms with Crippen LogP contribution < -0.4 is 0 Å². The monoisotopic (exact) mass is 182 g/mol. The van der Waals surface area contributed by atoms with Crippen molar-refractivity contribution in [3.63, 3.8) is 0 Å². The first-order valence-electron chi connectivity index (χ1n) is 4.10. The minimum Gasteiger partial charge on any atom is -0.134 e. The van der Waals surface area contributed by atoms with Crippen molar-refractivity contribution in [2.24, 2.45) is 0 Å². The van der Waals surface area contributed by atoms with E-state index in [4.69, 9.17) is 6.85 Å². The van der Waals surface area contributed by atoms with Crippen molar-refractivity contribution in [1.29, 1.82) is 0 Å². The molecule has 0 bridgehead atoms. The van der Waals surface area contributed by atoms with Crippen LogP contribution in [0.15, 0.2) is 15.9 Å². The van der Waals surface area contributed by atoms with Gasteiger partial charge in [0.2, 0.25) is 0 Å². The Balaban J connectivity index is 3.28. The molecule has 0 aliphatic rings. The lowest BCUT2D eigenvalue weighted by Crippen LogP contribution is -1.43. The minimum atomic E-state index is -2.27. The molecule has 0 fully saturated rings. The molecule has 1 rings (SSSR count). The third-order valence-corrected chi connectivity index (χ3v) is 1.74. The standard InChI is InChI=1S/C5H5BrS/c1-4-2-3-5(6)7-4/h2-3H,1H3/i1+1D3,2D,3D. The molecule has 0 aliphatic heterocycles. The molecule has 0 aromatic carbocycles. The van der Waals surface area contributed by atoms with E-state index in [9.17, 15) is 0 Å². The van der Waals surface area contributed by atoms with Crippen LogP contribution in [0, 0.1) is 6.85 Å². The topological polar surface area (TPSA) is 0 Å². The third kappa shape index (κ3) is 1.28. The van der Waals surface area contributed by atoms with E-state index in [1.54, 1.807) is 0 Å². The van der Waals surface area contributed by atoms with E-state index in [-0.39, 0.29) is 17.0 Å². The molecule has 0 saturated heterocycles. The smallest absolute Gasteiger partial charge is 0.0701 e. The average Bonchev–Trinajstić information content (AvgIpc) is 2.15. The van der Waals surface area contributed by atoms with E-state index in [1.807, 2.05) is 0 Å². The molecule has 0 unspecified atom stereocenters. The van der Waals surface area contributed by atoms with Gasteiger partial charge < -0.3 is 0 Å². The van der Waals surface area contributed by atoms with Gasteiger partial charge in [-0.3, -0.25) is 0 Å². The van der Waals surface area contributed by atoms with Gasteiger partial charge in [-0.2, -0.15) is 0 Å². The number of aryl methyl sites for hydroxylation is 1. The molecule has 0 radical (unpaired) electrons. The van der Waals surface area contributed by atoms with Gasteiger partial charge in [-0.1, -0.05) is 0 Å². The molecule has 1 heterocycles. The fourth-order valence-corrected chi connectivity index (χ4v) is 1.21. The zero-order valence-corrected chi connectivity index (χ0v) is 5.69. The van der Waals surface area contributed by atoms with Gasteiger partial charge in [0.1, 0.15) is 0 Å². The molecular weight excluding hydrogens is 173 g/mol. The SMILES string of the molecule is [2H]c1c(Br)sc([13C]([2H])([2H])[2H])c1[2H]. The van der Waals surface area contributed by atoms with E-state index in [0.29, 0.717) is 3.79 Å². The van der Waals surface area contributed by atoms with Crippen molar-refractivity contribution in [2.75, 3.05) is 0 Å². The lowest BCUT2D eigenvalue weighted by atomic mass is 10.6. The molecule has 0 atom stereocenters. The van der Waals surface area contributed by atoms with Crippen molar-refractivity contribution >= 4 is 27.3 Å². The zero-order valence-electron chi connectivity index (χ0n) is 8.29. The van der Waals surface area contributed by atoms with E-state index in [0.717, 1.165) is 11.3 Å². The molecule has 38 valence electrons. The molecule has 0 saturated carbocycles. The Labute approximate surface area is 62.3 Å². The summed E-state index contributed by atoms with van der Waals surface area (Å²) < 4.78 is 36.1. The van der Waals surface area contributed by atoms with Crippen LogP contribution in [0.1, 0.15) is 11.7 Å². The number of thiophene rings is 1. The highest BCUT2D eigenvalue weighted by Gasteiger charge is 1.86. The van der Waals surface area contributed by atoms with Crippen LogP contribution in [0.5, 0.6) is 0 Å². The zero-order chi connectivity index (χ0) is 9.52. The maximum atomic E-state index is 7.30. The van der Waals surface area contributed by atoms with Gasteiger partial charge in [0.05, 0.1) is 6.53 Å². The average molecular weight is 183 g/mol. The molecule has 1 aromatic rings. The highest BCUT2D eigenvalue weighted by Crippen LogP contribution is 2.20. The normalized spacial score (nSPS) is 21.6. The van der Waals surface area contributed by atoms with Gasteiger partial charge in [-0.05, 0) is 34.9 Å². The van der Waals surface area contributed by atoms with Gasteiger partial charge in [0, 0.05) is 8.99 Å². The predicted molar refractivity (Wildman–Crippen MR) is 36.8 cm³/mol. The third-order valence-electron chi connectivity index (χ3n) is 0.466. The molecule has 0 aliphatic carbocycles. The van der Waals surface area contributed by atoms with Crippen molar-refractivity contribution in [1.82, 2.24) is 0 Å². The fraction of sp³-hybridized carbons (Fsp3) is 0.200. The summed E-state index contributed by atoms with van der Waals surface area (Å²) in [6, 6.07) is -0.252. The second-order valence-electron chi connectivity index (χ2n) is 0.955. The van der Waals surface area contributed by atoms with Crippen LogP contribution in [0.4, 0.5) is 0 Å². The number of rotatable bonds is 0. The van der Waals surface area contributed by atoms with Gasteiger partial charge in [0.15, 0.2) is 0 Å². The van der Waals surface area contributed by atoms with Crippen LogP contribution in [-0.2, 0) is 0 Å². The first-order valence-corrected chi connectivity index (χ1v) is 3.21. The Kier molecular flexibility index (Phi) is 0.520. The Hall–Kier alpha value is 0.180. The van der Waals surface area contributed by atoms with Gasteiger partial charge in [-0.15, -0.1) is 11.3 Å². The minimum absolute atomic E-state index is 0.0284. The van der Waals surface area contributed by atoms with Crippen LogP contribution in [0.2, 0.25) is 0 Å². The summed E-state index contributed by atoms with van der Waals surface area (Å²) in [6.45, 7) is -2.27. The Morgan fingerprint density at radius 2 is 2.86 bits per heavy atom. The van der Waals surface area contributed by atoms with Gasteiger partial charge in [-0.25, -0.2) is 0 Å². The lowest BCUT2D eigenvalue weighted by Gasteiger charge is -1.69. The number of hydrogen-bond acceptors (Lipinski definition) is 1. The highest BCUT2D eigenvalue weighted by atomic mass is 79.9. The molecular formula is C5H5BrS. The summed E-state index contributed by atoms with van der Waals surface area (Å²) in [5, 5.41) is 0. The maximum Gasteiger partial charge on any atom is 0.0701 e. The second kappa shape index (κ2) is 1.97. The van der Waals surface area contributed by atoms with Crippen LogP contribution in [0.3, 0.4) is 0 Å². The molecule has 2 heteroatoms. The fourth-order valence-electron chi connectivity index (χ4n) is 0.247. The molecule has 7 heavy (non-hydrogen) atoms. The van der Waals surface area contributed by atoms with Crippen molar-refractivity contribution < 1.29 is 6.85 Å². The molecule has 0 N–H and O–H groups in total. The van der Waals surface area contributed by atoms with Crippen LogP contribution >= 0.6 is 27.3 Å². The summed E-state index contributed by atoms with van der Waals surface area (Å²) in [6.07, 6.45) is 0. The first-order chi connectivity index (χ1) is 5.34. The van der Waals surface area contributed by atoms with Gasteiger partial charge >= 0.3 is 0 Å². The molecule has 1 aromatic heterocycles. The van der Waals surface area contributed by atoms with E-state index in [2.05, 4.69) is 15.9 Å². The summed E-state index contributed by atoms with van der Waals surface area (Å²) in [5.74, 6) is 0. The summed E-state index contributed by atoms with van der Waals surface area (Å²) in [4.78, 5) is -0.0284. The summed E-state index contributed by atoms with van der Waals surface area (Å²) in [5.41, 5.74) is 0. The maximum absolute atomic E-state index is 7.30. The van der Waals surface area contributed by atoms with E-state index < -0.39 is 6.85 Å². The highest BCUT2D eigenvalue weighted by molar-refractivity contribution is 9.11. The molecule has 0 amide bonds. The molecule has 0 spiro atoms. The summed E-state index contributed by atoms with van der Waals surface area (Å²) >= 11 is 3.95. The Bertz CT molecular complexity index is 302. The molecule has 0 nitrogen and oxygen atoms in total. The van der Waals surface area contributed by atoms with Crippen LogP contribution in [0.25, 0.3) is 0 Å².